The van der Waals surface area contributed by atoms with Gasteiger partial charge in [0.05, 0.1) is 16.0 Å². The fourth-order valence-corrected chi connectivity index (χ4v) is 2.79. The number of non-ortho nitro benzene ring substituents is 1. The number of nitro benzene ring substituents is 1. The van der Waals surface area contributed by atoms with Crippen molar-refractivity contribution < 1.29 is 14.8 Å². The number of nitrogens with zero attached hydrogens (tertiary/aromatic N) is 4. The summed E-state index contributed by atoms with van der Waals surface area (Å²) >= 11 is 0. The second kappa shape index (κ2) is 6.75. The summed E-state index contributed by atoms with van der Waals surface area (Å²) in [7, 11) is 0. The topological polar surface area (TPSA) is 110 Å². The van der Waals surface area contributed by atoms with Gasteiger partial charge >= 0.3 is 0 Å². The monoisotopic (exact) mass is 352 g/mol. The van der Waals surface area contributed by atoms with Crippen molar-refractivity contribution >= 4 is 28.2 Å². The summed E-state index contributed by atoms with van der Waals surface area (Å²) in [5.74, 6) is -0.792. The maximum Gasteiger partial charge on any atom is 0.295 e. The zero-order valence-corrected chi connectivity index (χ0v) is 14.2. The smallest absolute Gasteiger partial charge is 0.295 e. The molecule has 1 N–H and O–H groups in total. The normalized spacial score (nSPS) is 11.3. The third kappa shape index (κ3) is 2.92. The van der Waals surface area contributed by atoms with E-state index in [1.165, 1.54) is 18.2 Å². The van der Waals surface area contributed by atoms with Gasteiger partial charge in [-0.25, -0.2) is 0 Å². The van der Waals surface area contributed by atoms with E-state index in [4.69, 9.17) is 0 Å². The SMILES string of the molecule is CCn1c(O)c(N=NC(=O)c2cc([N+](=O)[O-])ccc2C)c2ccccc21. The number of carbonyl (C=O) groups is 1. The van der Waals surface area contributed by atoms with Crippen molar-refractivity contribution in [3.05, 3.63) is 63.7 Å². The van der Waals surface area contributed by atoms with Crippen molar-refractivity contribution in [2.45, 2.75) is 20.4 Å². The fraction of sp³-hybridized carbons (Fsp3) is 0.167. The number of carbonyl (C=O) groups excluding carboxylic acids is 1. The highest BCUT2D eigenvalue weighted by Crippen LogP contribution is 2.38. The van der Waals surface area contributed by atoms with E-state index >= 15 is 0 Å². The van der Waals surface area contributed by atoms with Crippen molar-refractivity contribution in [3.63, 3.8) is 0 Å². The zero-order valence-electron chi connectivity index (χ0n) is 14.2. The molecule has 0 saturated heterocycles. The standard InChI is InChI=1S/C18H16N4O4/c1-3-21-15-7-5-4-6-13(15)16(18(21)24)19-20-17(23)14-10-12(22(25)26)9-8-11(14)2/h4-10,24H,3H2,1-2H3. The molecule has 8 nitrogen and oxygen atoms in total. The van der Waals surface area contributed by atoms with Crippen LogP contribution < -0.4 is 0 Å². The molecule has 1 amide bonds. The Balaban J connectivity index is 2.02. The molecule has 3 rings (SSSR count). The van der Waals surface area contributed by atoms with Crippen LogP contribution in [0.1, 0.15) is 22.8 Å². The van der Waals surface area contributed by atoms with Crippen LogP contribution in [0.5, 0.6) is 5.88 Å². The third-order valence-electron chi connectivity index (χ3n) is 4.14. The Morgan fingerprint density at radius 1 is 1.27 bits per heavy atom. The number of fused-ring (bicyclic) bond motifs is 1. The minimum atomic E-state index is -0.709. The lowest BCUT2D eigenvalue weighted by molar-refractivity contribution is -0.384. The van der Waals surface area contributed by atoms with Gasteiger partial charge in [-0.1, -0.05) is 24.3 Å². The van der Waals surface area contributed by atoms with Crippen LogP contribution in [0.15, 0.2) is 52.7 Å². The molecule has 0 aliphatic rings. The van der Waals surface area contributed by atoms with E-state index in [2.05, 4.69) is 10.2 Å². The van der Waals surface area contributed by atoms with Crippen LogP contribution in [0.3, 0.4) is 0 Å². The molecule has 0 radical (unpaired) electrons. The lowest BCUT2D eigenvalue weighted by atomic mass is 10.1. The number of amides is 1. The number of hydrogen-bond acceptors (Lipinski definition) is 5. The number of aromatic nitrogens is 1. The first-order chi connectivity index (χ1) is 12.4. The lowest BCUT2D eigenvalue weighted by Gasteiger charge is -2.01. The predicted molar refractivity (Wildman–Crippen MR) is 96.0 cm³/mol. The second-order valence-electron chi connectivity index (χ2n) is 5.70. The van der Waals surface area contributed by atoms with E-state index in [9.17, 15) is 20.0 Å². The summed E-state index contributed by atoms with van der Waals surface area (Å²) in [4.78, 5) is 22.7. The van der Waals surface area contributed by atoms with Gasteiger partial charge in [-0.2, -0.15) is 0 Å². The molecule has 0 atom stereocenters. The highest BCUT2D eigenvalue weighted by atomic mass is 16.6. The molecule has 1 aromatic heterocycles. The Bertz CT molecular complexity index is 1050. The van der Waals surface area contributed by atoms with Gasteiger partial charge in [0.1, 0.15) is 0 Å². The van der Waals surface area contributed by atoms with E-state index in [1.54, 1.807) is 23.6 Å². The van der Waals surface area contributed by atoms with E-state index < -0.39 is 10.8 Å². The highest BCUT2D eigenvalue weighted by Gasteiger charge is 2.17. The first-order valence-electron chi connectivity index (χ1n) is 7.95. The van der Waals surface area contributed by atoms with E-state index in [0.717, 1.165) is 5.52 Å². The number of azo groups is 1. The van der Waals surface area contributed by atoms with Gasteiger partial charge in [-0.05, 0) is 25.5 Å². The Morgan fingerprint density at radius 3 is 2.69 bits per heavy atom. The van der Waals surface area contributed by atoms with Crippen molar-refractivity contribution in [3.8, 4) is 5.88 Å². The van der Waals surface area contributed by atoms with Gasteiger partial charge in [0.15, 0.2) is 5.69 Å². The molecular formula is C18H16N4O4. The minimum absolute atomic E-state index is 0.0824. The van der Waals surface area contributed by atoms with Gasteiger partial charge in [-0.3, -0.25) is 14.9 Å². The van der Waals surface area contributed by atoms with Crippen LogP contribution in [-0.2, 0) is 6.54 Å². The molecule has 0 aliphatic carbocycles. The van der Waals surface area contributed by atoms with E-state index in [1.807, 2.05) is 19.1 Å². The van der Waals surface area contributed by atoms with E-state index in [0.29, 0.717) is 17.5 Å². The summed E-state index contributed by atoms with van der Waals surface area (Å²) in [6.45, 7) is 4.07. The maximum absolute atomic E-state index is 12.4. The summed E-state index contributed by atoms with van der Waals surface area (Å²) in [5, 5.41) is 29.5. The lowest BCUT2D eigenvalue weighted by Crippen LogP contribution is -1.99. The molecule has 0 unspecified atom stereocenters. The first kappa shape index (κ1) is 17.3. The van der Waals surface area contributed by atoms with Crippen LogP contribution in [0.4, 0.5) is 11.4 Å². The molecule has 8 heteroatoms. The molecular weight excluding hydrogens is 336 g/mol. The number of benzene rings is 2. The Kier molecular flexibility index (Phi) is 4.49. The van der Waals surface area contributed by atoms with Crippen molar-refractivity contribution in [2.75, 3.05) is 0 Å². The zero-order chi connectivity index (χ0) is 18.8. The first-order valence-corrected chi connectivity index (χ1v) is 7.95. The molecule has 132 valence electrons. The molecule has 3 aromatic rings. The minimum Gasteiger partial charge on any atom is -0.493 e. The molecule has 0 bridgehead atoms. The molecule has 2 aromatic carbocycles. The Labute approximate surface area is 148 Å². The number of aryl methyl sites for hydroxylation is 2. The van der Waals surface area contributed by atoms with Crippen LogP contribution in [0.25, 0.3) is 10.9 Å². The van der Waals surface area contributed by atoms with E-state index in [-0.39, 0.29) is 22.8 Å². The van der Waals surface area contributed by atoms with Crippen LogP contribution >= 0.6 is 0 Å². The third-order valence-corrected chi connectivity index (χ3v) is 4.14. The summed E-state index contributed by atoms with van der Waals surface area (Å²) in [6.07, 6.45) is 0. The summed E-state index contributed by atoms with van der Waals surface area (Å²) in [5.41, 5.74) is 1.43. The largest absolute Gasteiger partial charge is 0.493 e. The Hall–Kier alpha value is -3.55. The Morgan fingerprint density at radius 2 is 2.00 bits per heavy atom. The van der Waals surface area contributed by atoms with Gasteiger partial charge in [-0.15, -0.1) is 10.2 Å². The molecule has 0 aliphatic heterocycles. The average Bonchev–Trinajstić information content (AvgIpc) is 2.90. The van der Waals surface area contributed by atoms with Gasteiger partial charge in [0.25, 0.3) is 11.6 Å². The molecule has 0 saturated carbocycles. The second-order valence-corrected chi connectivity index (χ2v) is 5.70. The molecule has 1 heterocycles. The number of hydrogen-bond donors (Lipinski definition) is 1. The highest BCUT2D eigenvalue weighted by molar-refractivity contribution is 5.98. The van der Waals surface area contributed by atoms with Gasteiger partial charge in [0.2, 0.25) is 5.88 Å². The summed E-state index contributed by atoms with van der Waals surface area (Å²) in [6, 6.07) is 11.2. The number of para-hydroxylation sites is 1. The van der Waals surface area contributed by atoms with Crippen molar-refractivity contribution in [2.24, 2.45) is 10.2 Å². The van der Waals surface area contributed by atoms with Crippen LogP contribution in [0.2, 0.25) is 0 Å². The van der Waals surface area contributed by atoms with Crippen LogP contribution in [-0.4, -0.2) is 20.5 Å². The number of rotatable bonds is 4. The average molecular weight is 352 g/mol. The molecule has 26 heavy (non-hydrogen) atoms. The molecule has 0 fully saturated rings. The van der Waals surface area contributed by atoms with Gasteiger partial charge in [0, 0.05) is 24.1 Å². The molecule has 0 spiro atoms. The quantitative estimate of drug-likeness (QED) is 0.423. The predicted octanol–water partition coefficient (Wildman–Crippen LogP) is 4.51. The van der Waals surface area contributed by atoms with Gasteiger partial charge < -0.3 is 9.67 Å². The van der Waals surface area contributed by atoms with Crippen molar-refractivity contribution in [1.29, 1.82) is 0 Å². The number of aromatic hydroxyl groups is 1. The van der Waals surface area contributed by atoms with Crippen LogP contribution in [0, 0.1) is 17.0 Å². The van der Waals surface area contributed by atoms with Crippen molar-refractivity contribution in [1.82, 2.24) is 4.57 Å². The number of nitro groups is 1. The maximum atomic E-state index is 12.4. The summed E-state index contributed by atoms with van der Waals surface area (Å²) < 4.78 is 1.66. The fourth-order valence-electron chi connectivity index (χ4n) is 2.79.